The number of benzene rings is 1. The fraction of sp³-hybridized carbons (Fsp3) is 0.143. The van der Waals surface area contributed by atoms with Gasteiger partial charge in [-0.1, -0.05) is 16.8 Å². The van der Waals surface area contributed by atoms with Crippen LogP contribution in [0.2, 0.25) is 5.02 Å². The number of rotatable bonds is 4. The first-order chi connectivity index (χ1) is 11.0. The SMILES string of the molecule is COC(=O)c1onc(C(=O)Nc2ccc(Cl)cc2)c1C(=O)OC. The second kappa shape index (κ2) is 6.93. The van der Waals surface area contributed by atoms with Crippen molar-refractivity contribution in [3.63, 3.8) is 0 Å². The van der Waals surface area contributed by atoms with E-state index in [2.05, 4.69) is 19.9 Å². The van der Waals surface area contributed by atoms with Crippen molar-refractivity contribution >= 4 is 35.1 Å². The Morgan fingerprint density at radius 3 is 2.26 bits per heavy atom. The van der Waals surface area contributed by atoms with Crippen LogP contribution >= 0.6 is 11.6 Å². The summed E-state index contributed by atoms with van der Waals surface area (Å²) in [7, 11) is 2.19. The molecule has 0 fully saturated rings. The van der Waals surface area contributed by atoms with E-state index in [1.54, 1.807) is 24.3 Å². The molecular weight excluding hydrogens is 328 g/mol. The summed E-state index contributed by atoms with van der Waals surface area (Å²) in [5.41, 5.74) is -0.393. The molecule has 1 aromatic carbocycles. The van der Waals surface area contributed by atoms with Gasteiger partial charge in [0.25, 0.3) is 11.7 Å². The Labute approximate surface area is 135 Å². The zero-order valence-electron chi connectivity index (χ0n) is 12.1. The van der Waals surface area contributed by atoms with Crippen LogP contribution in [0.25, 0.3) is 0 Å². The first-order valence-electron chi connectivity index (χ1n) is 6.21. The monoisotopic (exact) mass is 338 g/mol. The average molecular weight is 339 g/mol. The molecule has 0 aliphatic heterocycles. The third kappa shape index (κ3) is 3.49. The molecule has 1 heterocycles. The fourth-order valence-corrected chi connectivity index (χ4v) is 1.82. The van der Waals surface area contributed by atoms with E-state index in [0.717, 1.165) is 14.2 Å². The highest BCUT2D eigenvalue weighted by Crippen LogP contribution is 2.19. The standard InChI is InChI=1S/C14H11ClN2O6/c1-21-13(19)9-10(17-23-11(9)14(20)22-2)12(18)16-8-5-3-7(15)4-6-8/h3-6H,1-2H3,(H,16,18). The van der Waals surface area contributed by atoms with Crippen molar-refractivity contribution in [1.82, 2.24) is 5.16 Å². The quantitative estimate of drug-likeness (QED) is 0.851. The summed E-state index contributed by atoms with van der Waals surface area (Å²) in [6.07, 6.45) is 0. The number of halogens is 1. The van der Waals surface area contributed by atoms with Crippen molar-refractivity contribution in [2.45, 2.75) is 0 Å². The number of carbonyl (C=O) groups excluding carboxylic acids is 3. The molecule has 1 N–H and O–H groups in total. The molecule has 0 radical (unpaired) electrons. The minimum atomic E-state index is -0.955. The number of nitrogens with one attached hydrogen (secondary N) is 1. The molecule has 0 atom stereocenters. The number of amides is 1. The molecule has 23 heavy (non-hydrogen) atoms. The second-order valence-corrected chi connectivity index (χ2v) is 4.62. The maximum atomic E-state index is 12.2. The lowest BCUT2D eigenvalue weighted by Crippen LogP contribution is -2.18. The highest BCUT2D eigenvalue weighted by molar-refractivity contribution is 6.30. The van der Waals surface area contributed by atoms with Crippen molar-refractivity contribution in [2.75, 3.05) is 19.5 Å². The Hall–Kier alpha value is -2.87. The summed E-state index contributed by atoms with van der Waals surface area (Å²) in [4.78, 5) is 35.6. The van der Waals surface area contributed by atoms with Gasteiger partial charge in [-0.2, -0.15) is 0 Å². The molecule has 0 aliphatic carbocycles. The number of esters is 2. The van der Waals surface area contributed by atoms with Crippen LogP contribution in [0.1, 0.15) is 31.4 Å². The Balaban J connectivity index is 2.36. The molecule has 0 saturated heterocycles. The minimum Gasteiger partial charge on any atom is -0.465 e. The molecule has 2 aromatic rings. The Morgan fingerprint density at radius 2 is 1.70 bits per heavy atom. The molecular formula is C14H11ClN2O6. The number of carbonyl (C=O) groups is 3. The molecule has 0 unspecified atom stereocenters. The topological polar surface area (TPSA) is 108 Å². The number of methoxy groups -OCH3 is 2. The van der Waals surface area contributed by atoms with E-state index < -0.39 is 34.9 Å². The van der Waals surface area contributed by atoms with Crippen molar-refractivity contribution < 1.29 is 28.4 Å². The van der Waals surface area contributed by atoms with Gasteiger partial charge in [0.1, 0.15) is 5.56 Å². The summed E-state index contributed by atoms with van der Waals surface area (Å²) < 4.78 is 13.8. The lowest BCUT2D eigenvalue weighted by Gasteiger charge is -2.04. The fourth-order valence-electron chi connectivity index (χ4n) is 1.69. The summed E-state index contributed by atoms with van der Waals surface area (Å²) in [5, 5.41) is 6.44. The van der Waals surface area contributed by atoms with Gasteiger partial charge in [0.15, 0.2) is 5.69 Å². The average Bonchev–Trinajstić information content (AvgIpc) is 3.00. The van der Waals surface area contributed by atoms with Gasteiger partial charge in [-0.25, -0.2) is 9.59 Å². The summed E-state index contributed by atoms with van der Waals surface area (Å²) >= 11 is 5.75. The molecule has 0 spiro atoms. The van der Waals surface area contributed by atoms with Crippen LogP contribution in [0.15, 0.2) is 28.8 Å². The largest absolute Gasteiger partial charge is 0.465 e. The molecule has 1 amide bonds. The van der Waals surface area contributed by atoms with Crippen LogP contribution in [-0.2, 0) is 9.47 Å². The van der Waals surface area contributed by atoms with Gasteiger partial charge in [0.05, 0.1) is 14.2 Å². The Bertz CT molecular complexity index is 753. The van der Waals surface area contributed by atoms with E-state index in [4.69, 9.17) is 16.1 Å². The van der Waals surface area contributed by atoms with Crippen LogP contribution in [0.5, 0.6) is 0 Å². The van der Waals surface area contributed by atoms with Crippen molar-refractivity contribution in [2.24, 2.45) is 0 Å². The lowest BCUT2D eigenvalue weighted by atomic mass is 10.1. The zero-order valence-corrected chi connectivity index (χ0v) is 12.8. The van der Waals surface area contributed by atoms with Crippen molar-refractivity contribution in [3.05, 3.63) is 46.3 Å². The molecule has 8 nitrogen and oxygen atoms in total. The third-order valence-corrected chi connectivity index (χ3v) is 3.02. The first kappa shape index (κ1) is 16.5. The number of ether oxygens (including phenoxy) is 2. The maximum Gasteiger partial charge on any atom is 0.377 e. The lowest BCUT2D eigenvalue weighted by molar-refractivity contribution is 0.0521. The summed E-state index contributed by atoms with van der Waals surface area (Å²) in [5.74, 6) is -3.18. The van der Waals surface area contributed by atoms with Gasteiger partial charge < -0.3 is 19.3 Å². The highest BCUT2D eigenvalue weighted by atomic mass is 35.5. The minimum absolute atomic E-state index is 0.396. The van der Waals surface area contributed by atoms with E-state index in [0.29, 0.717) is 10.7 Å². The van der Waals surface area contributed by atoms with Gasteiger partial charge in [-0.15, -0.1) is 0 Å². The van der Waals surface area contributed by atoms with Crippen LogP contribution < -0.4 is 5.32 Å². The third-order valence-electron chi connectivity index (χ3n) is 2.77. The summed E-state index contributed by atoms with van der Waals surface area (Å²) in [6.45, 7) is 0. The number of aromatic nitrogens is 1. The Morgan fingerprint density at radius 1 is 1.09 bits per heavy atom. The van der Waals surface area contributed by atoms with E-state index in [9.17, 15) is 14.4 Å². The molecule has 0 aliphatic rings. The van der Waals surface area contributed by atoms with Crippen LogP contribution in [-0.4, -0.2) is 37.2 Å². The molecule has 120 valence electrons. The Kier molecular flexibility index (Phi) is 4.97. The number of hydrogen-bond acceptors (Lipinski definition) is 7. The van der Waals surface area contributed by atoms with E-state index in [1.165, 1.54) is 0 Å². The molecule has 1 aromatic heterocycles. The first-order valence-corrected chi connectivity index (χ1v) is 6.59. The van der Waals surface area contributed by atoms with Crippen molar-refractivity contribution in [3.8, 4) is 0 Å². The molecule has 2 rings (SSSR count). The molecule has 9 heteroatoms. The van der Waals surface area contributed by atoms with Gasteiger partial charge in [0.2, 0.25) is 0 Å². The summed E-state index contributed by atoms with van der Waals surface area (Å²) in [6, 6.07) is 6.25. The zero-order chi connectivity index (χ0) is 17.0. The predicted octanol–water partition coefficient (Wildman–Crippen LogP) is 2.15. The van der Waals surface area contributed by atoms with Crippen LogP contribution in [0.4, 0.5) is 5.69 Å². The van der Waals surface area contributed by atoms with Crippen molar-refractivity contribution in [1.29, 1.82) is 0 Å². The number of hydrogen-bond donors (Lipinski definition) is 1. The van der Waals surface area contributed by atoms with E-state index in [1.807, 2.05) is 0 Å². The van der Waals surface area contributed by atoms with Crippen LogP contribution in [0, 0.1) is 0 Å². The van der Waals surface area contributed by atoms with Gasteiger partial charge in [0, 0.05) is 10.7 Å². The predicted molar refractivity (Wildman–Crippen MR) is 78.6 cm³/mol. The number of anilines is 1. The van der Waals surface area contributed by atoms with E-state index in [-0.39, 0.29) is 0 Å². The van der Waals surface area contributed by atoms with Gasteiger partial charge >= 0.3 is 11.9 Å². The van der Waals surface area contributed by atoms with E-state index >= 15 is 0 Å². The molecule has 0 saturated carbocycles. The van der Waals surface area contributed by atoms with Gasteiger partial charge in [-0.3, -0.25) is 4.79 Å². The smallest absolute Gasteiger partial charge is 0.377 e. The molecule has 0 bridgehead atoms. The second-order valence-electron chi connectivity index (χ2n) is 4.18. The maximum absolute atomic E-state index is 12.2. The normalized spacial score (nSPS) is 10.0. The highest BCUT2D eigenvalue weighted by Gasteiger charge is 2.32. The number of nitrogens with zero attached hydrogens (tertiary/aromatic N) is 1. The van der Waals surface area contributed by atoms with Crippen LogP contribution in [0.3, 0.4) is 0 Å². The van der Waals surface area contributed by atoms with Gasteiger partial charge in [-0.05, 0) is 24.3 Å².